The van der Waals surface area contributed by atoms with Crippen molar-refractivity contribution in [2.75, 3.05) is 0 Å². The maximum atomic E-state index is 4.10. The minimum absolute atomic E-state index is 0.0886. The third kappa shape index (κ3) is 5.03. The molecule has 2 unspecified atom stereocenters. The van der Waals surface area contributed by atoms with Crippen molar-refractivity contribution in [1.29, 1.82) is 0 Å². The van der Waals surface area contributed by atoms with E-state index >= 15 is 0 Å². The van der Waals surface area contributed by atoms with Gasteiger partial charge in [-0.1, -0.05) is 151 Å². The molecule has 4 aliphatic rings. The van der Waals surface area contributed by atoms with Crippen molar-refractivity contribution < 1.29 is 0 Å². The fraction of sp³-hybridized carbons (Fsp3) is 0.143. The SMILES string of the molecule is Cc1cc(C2=CC3=C(C=CC=CC3)C2c2ccc([Si])c(C)c2C2C(c3cc(C)cc4ccccc34)=CC3=C2C=CC=CC3)c2ccccc2c1. The van der Waals surface area contributed by atoms with Crippen molar-refractivity contribution in [3.8, 4) is 0 Å². The average molecular weight is 656 g/mol. The van der Waals surface area contributed by atoms with E-state index in [2.05, 4.69) is 177 Å². The normalized spacial score (nSPS) is 19.6. The lowest BCUT2D eigenvalue weighted by Crippen LogP contribution is -2.19. The van der Waals surface area contributed by atoms with Gasteiger partial charge in [0.2, 0.25) is 0 Å². The van der Waals surface area contributed by atoms with Crippen LogP contribution in [-0.4, -0.2) is 10.2 Å². The second-order valence-corrected chi connectivity index (χ2v) is 14.9. The molecule has 239 valence electrons. The third-order valence-corrected chi connectivity index (χ3v) is 11.7. The van der Waals surface area contributed by atoms with Gasteiger partial charge in [-0.3, -0.25) is 0 Å². The van der Waals surface area contributed by atoms with E-state index in [0.29, 0.717) is 0 Å². The summed E-state index contributed by atoms with van der Waals surface area (Å²) < 4.78 is 0. The Morgan fingerprint density at radius 3 is 1.66 bits per heavy atom. The van der Waals surface area contributed by atoms with Crippen LogP contribution >= 0.6 is 0 Å². The fourth-order valence-electron chi connectivity index (χ4n) is 8.94. The summed E-state index contributed by atoms with van der Waals surface area (Å²) in [4.78, 5) is 0. The summed E-state index contributed by atoms with van der Waals surface area (Å²) in [5.74, 6) is 0.186. The Morgan fingerprint density at radius 1 is 0.560 bits per heavy atom. The highest BCUT2D eigenvalue weighted by molar-refractivity contribution is 6.33. The molecule has 3 radical (unpaired) electrons. The molecule has 4 aliphatic carbocycles. The first kappa shape index (κ1) is 30.8. The summed E-state index contributed by atoms with van der Waals surface area (Å²) in [6.07, 6.45) is 25.2. The average Bonchev–Trinajstić information content (AvgIpc) is 3.42. The molecule has 0 fully saturated rings. The lowest BCUT2D eigenvalue weighted by molar-refractivity contribution is 0.953. The number of aryl methyl sites for hydroxylation is 2. The van der Waals surface area contributed by atoms with Gasteiger partial charge in [0.15, 0.2) is 0 Å². The van der Waals surface area contributed by atoms with Crippen LogP contribution in [0.4, 0.5) is 0 Å². The van der Waals surface area contributed by atoms with Gasteiger partial charge >= 0.3 is 0 Å². The molecule has 0 saturated carbocycles. The maximum absolute atomic E-state index is 4.10. The molecule has 2 atom stereocenters. The molecule has 5 aromatic carbocycles. The van der Waals surface area contributed by atoms with Crippen molar-refractivity contribution in [3.63, 3.8) is 0 Å². The lowest BCUT2D eigenvalue weighted by Gasteiger charge is -2.30. The monoisotopic (exact) mass is 655 g/mol. The van der Waals surface area contributed by atoms with Crippen molar-refractivity contribution in [3.05, 3.63) is 207 Å². The Labute approximate surface area is 299 Å². The van der Waals surface area contributed by atoms with E-state index in [9.17, 15) is 0 Å². The van der Waals surface area contributed by atoms with Gasteiger partial charge < -0.3 is 0 Å². The number of rotatable bonds is 4. The van der Waals surface area contributed by atoms with Gasteiger partial charge in [0.25, 0.3) is 0 Å². The van der Waals surface area contributed by atoms with E-state index in [-0.39, 0.29) is 11.8 Å². The van der Waals surface area contributed by atoms with Crippen LogP contribution in [0, 0.1) is 20.8 Å². The molecule has 5 aromatic rings. The number of allylic oxidation sites excluding steroid dienone is 16. The zero-order valence-electron chi connectivity index (χ0n) is 28.9. The maximum Gasteiger partial charge on any atom is 0.0715 e. The van der Waals surface area contributed by atoms with Gasteiger partial charge in [0.1, 0.15) is 0 Å². The molecule has 0 heterocycles. The molecular weight excluding hydrogens is 617 g/mol. The van der Waals surface area contributed by atoms with Crippen LogP contribution in [-0.2, 0) is 0 Å². The van der Waals surface area contributed by atoms with Gasteiger partial charge in [-0.05, 0) is 128 Å². The first-order chi connectivity index (χ1) is 24.5. The minimum atomic E-state index is 0.0886. The van der Waals surface area contributed by atoms with Crippen molar-refractivity contribution in [1.82, 2.24) is 0 Å². The second-order valence-electron chi connectivity index (χ2n) is 14.3. The Balaban J connectivity index is 1.33. The third-order valence-electron chi connectivity index (χ3n) is 11.1. The molecular formula is C49H39Si. The van der Waals surface area contributed by atoms with E-state index < -0.39 is 0 Å². The quantitative estimate of drug-likeness (QED) is 0.169. The summed E-state index contributed by atoms with van der Waals surface area (Å²) in [7, 11) is 4.10. The van der Waals surface area contributed by atoms with Crippen LogP contribution < -0.4 is 5.19 Å². The van der Waals surface area contributed by atoms with Crippen molar-refractivity contribution in [2.45, 2.75) is 45.4 Å². The zero-order valence-corrected chi connectivity index (χ0v) is 29.9. The standard InChI is InChI=1S/C49H39Si/c1-30-24-33-16-10-12-18-37(33)42(26-30)44-28-35-14-6-4-8-20-39(35)48(44)41-22-23-46(50)32(3)47(41)49-40-21-9-5-7-15-36(40)29-45(49)43-27-31(2)25-34-17-11-13-19-38(34)43/h4-13,16-29,48-49H,14-15H2,1-3H3. The Bertz CT molecular complexity index is 2520. The summed E-state index contributed by atoms with van der Waals surface area (Å²) in [5, 5.41) is 6.38. The highest BCUT2D eigenvalue weighted by Crippen LogP contribution is 2.55. The van der Waals surface area contributed by atoms with E-state index in [1.165, 1.54) is 93.9 Å². The first-order valence-electron chi connectivity index (χ1n) is 17.9. The topological polar surface area (TPSA) is 0 Å². The zero-order chi connectivity index (χ0) is 33.9. The number of fused-ring (bicyclic) bond motifs is 2. The van der Waals surface area contributed by atoms with Gasteiger partial charge in [-0.2, -0.15) is 0 Å². The molecule has 0 saturated heterocycles. The second kappa shape index (κ2) is 12.3. The Morgan fingerprint density at radius 2 is 1.08 bits per heavy atom. The van der Waals surface area contributed by atoms with Crippen molar-refractivity contribution in [2.24, 2.45) is 0 Å². The Hall–Kier alpha value is -5.24. The molecule has 0 aliphatic heterocycles. The largest absolute Gasteiger partial charge is 0.0801 e. The highest BCUT2D eigenvalue weighted by Gasteiger charge is 2.38. The van der Waals surface area contributed by atoms with Crippen LogP contribution in [0.1, 0.15) is 63.6 Å². The van der Waals surface area contributed by atoms with Gasteiger partial charge in [0, 0.05) is 11.8 Å². The molecule has 0 aromatic heterocycles. The number of hydrogen-bond acceptors (Lipinski definition) is 0. The van der Waals surface area contributed by atoms with Crippen LogP contribution in [0.15, 0.2) is 168 Å². The van der Waals surface area contributed by atoms with Crippen LogP contribution in [0.5, 0.6) is 0 Å². The molecule has 9 rings (SSSR count). The molecule has 0 spiro atoms. The highest BCUT2D eigenvalue weighted by atomic mass is 28.1. The molecule has 0 amide bonds. The van der Waals surface area contributed by atoms with E-state index in [1.807, 2.05) is 0 Å². The van der Waals surface area contributed by atoms with Gasteiger partial charge in [-0.15, -0.1) is 0 Å². The summed E-state index contributed by atoms with van der Waals surface area (Å²) in [5.41, 5.74) is 17.8. The molecule has 0 nitrogen and oxygen atoms in total. The smallest absolute Gasteiger partial charge is 0.0715 e. The van der Waals surface area contributed by atoms with E-state index in [4.69, 9.17) is 0 Å². The van der Waals surface area contributed by atoms with Gasteiger partial charge in [-0.25, -0.2) is 0 Å². The molecule has 1 heteroatoms. The molecule has 0 N–H and O–H groups in total. The first-order valence-corrected chi connectivity index (χ1v) is 18.4. The van der Waals surface area contributed by atoms with Crippen LogP contribution in [0.2, 0.25) is 0 Å². The number of hydrogen-bond donors (Lipinski definition) is 0. The van der Waals surface area contributed by atoms with E-state index in [1.54, 1.807) is 0 Å². The van der Waals surface area contributed by atoms with Crippen LogP contribution in [0.25, 0.3) is 32.7 Å². The lowest BCUT2D eigenvalue weighted by atomic mass is 9.73. The predicted molar refractivity (Wildman–Crippen MR) is 215 cm³/mol. The number of benzene rings is 5. The molecule has 0 bridgehead atoms. The van der Waals surface area contributed by atoms with Crippen molar-refractivity contribution >= 4 is 48.1 Å². The van der Waals surface area contributed by atoms with Crippen LogP contribution in [0.3, 0.4) is 0 Å². The summed E-state index contributed by atoms with van der Waals surface area (Å²) in [6, 6.07) is 32.0. The minimum Gasteiger partial charge on any atom is -0.0801 e. The summed E-state index contributed by atoms with van der Waals surface area (Å²) in [6.45, 7) is 6.79. The van der Waals surface area contributed by atoms with Gasteiger partial charge in [0.05, 0.1) is 10.2 Å². The fourth-order valence-corrected chi connectivity index (χ4v) is 9.15. The predicted octanol–water partition coefficient (Wildman–Crippen LogP) is 11.7. The Kier molecular flexibility index (Phi) is 7.55. The molecule has 50 heavy (non-hydrogen) atoms. The summed E-state index contributed by atoms with van der Waals surface area (Å²) >= 11 is 0. The van der Waals surface area contributed by atoms with E-state index in [0.717, 1.165) is 18.0 Å².